The van der Waals surface area contributed by atoms with Crippen molar-refractivity contribution in [2.24, 2.45) is 0 Å². The minimum atomic E-state index is -0.443. The second kappa shape index (κ2) is 7.50. The van der Waals surface area contributed by atoms with Crippen LogP contribution in [0.15, 0.2) is 37.0 Å². The van der Waals surface area contributed by atoms with Gasteiger partial charge in [0.15, 0.2) is 0 Å². The van der Waals surface area contributed by atoms with Gasteiger partial charge in [-0.05, 0) is 30.3 Å². The maximum Gasteiger partial charge on any atom is 0.356 e. The summed E-state index contributed by atoms with van der Waals surface area (Å²) in [5.41, 5.74) is 0.309. The van der Waals surface area contributed by atoms with E-state index in [-0.39, 0.29) is 6.61 Å². The number of imidazole rings is 1. The van der Waals surface area contributed by atoms with Crippen LogP contribution in [0.4, 0.5) is 0 Å². The summed E-state index contributed by atoms with van der Waals surface area (Å²) in [6.45, 7) is 4.28. The number of H-pyrrole nitrogens is 1. The molecule has 21 heavy (non-hydrogen) atoms. The van der Waals surface area contributed by atoms with Gasteiger partial charge in [-0.25, -0.2) is 9.78 Å². The van der Waals surface area contributed by atoms with E-state index in [1.807, 2.05) is 0 Å². The zero-order valence-electron chi connectivity index (χ0n) is 11.3. The molecule has 0 amide bonds. The van der Waals surface area contributed by atoms with E-state index in [1.165, 1.54) is 12.3 Å². The van der Waals surface area contributed by atoms with Crippen LogP contribution in [0.5, 0.6) is 5.75 Å². The molecule has 1 aromatic heterocycles. The maximum atomic E-state index is 11.7. The van der Waals surface area contributed by atoms with Crippen molar-refractivity contribution in [2.75, 3.05) is 13.2 Å². The largest absolute Gasteiger partial charge is 0.493 e. The minimum absolute atomic E-state index is 0.273. The molecule has 0 atom stereocenters. The van der Waals surface area contributed by atoms with Gasteiger partial charge in [0, 0.05) is 11.4 Å². The van der Waals surface area contributed by atoms with Gasteiger partial charge in [0.05, 0.1) is 19.4 Å². The summed E-state index contributed by atoms with van der Waals surface area (Å²) in [4.78, 5) is 18.4. The molecule has 1 heterocycles. The quantitative estimate of drug-likeness (QED) is 0.629. The van der Waals surface area contributed by atoms with E-state index in [0.29, 0.717) is 29.6 Å². The predicted molar refractivity (Wildman–Crippen MR) is 80.5 cm³/mol. The summed E-state index contributed by atoms with van der Waals surface area (Å²) in [7, 11) is 0. The summed E-state index contributed by atoms with van der Waals surface area (Å²) in [5.74, 6) is 0.824. The lowest BCUT2D eigenvalue weighted by Gasteiger charge is -2.06. The number of aromatic amines is 1. The number of hydrogen-bond acceptors (Lipinski definition) is 4. The third-order valence-corrected chi connectivity index (χ3v) is 2.86. The lowest BCUT2D eigenvalue weighted by molar-refractivity contribution is 0.0480. The van der Waals surface area contributed by atoms with Crippen molar-refractivity contribution in [2.45, 2.75) is 6.42 Å². The Kier molecular flexibility index (Phi) is 5.40. The number of halogens is 1. The van der Waals surface area contributed by atoms with Crippen molar-refractivity contribution in [3.63, 3.8) is 0 Å². The average Bonchev–Trinajstić information content (AvgIpc) is 2.98. The molecule has 0 aliphatic carbocycles. The first kappa shape index (κ1) is 15.1. The van der Waals surface area contributed by atoms with E-state index in [2.05, 4.69) is 16.5 Å². The van der Waals surface area contributed by atoms with Crippen LogP contribution >= 0.6 is 11.6 Å². The number of rotatable bonds is 7. The first-order valence-electron chi connectivity index (χ1n) is 6.42. The molecule has 0 spiro atoms. The molecular weight excluding hydrogens is 292 g/mol. The van der Waals surface area contributed by atoms with Gasteiger partial charge in [-0.1, -0.05) is 18.2 Å². The van der Waals surface area contributed by atoms with Crippen molar-refractivity contribution < 1.29 is 14.3 Å². The molecule has 0 aliphatic rings. The van der Waals surface area contributed by atoms with Crippen molar-refractivity contribution in [1.29, 1.82) is 0 Å². The average molecular weight is 307 g/mol. The highest BCUT2D eigenvalue weighted by atomic mass is 35.5. The highest BCUT2D eigenvalue weighted by Crippen LogP contribution is 2.15. The Morgan fingerprint density at radius 2 is 2.10 bits per heavy atom. The van der Waals surface area contributed by atoms with Gasteiger partial charge in [0.2, 0.25) is 0 Å². The van der Waals surface area contributed by atoms with Crippen molar-refractivity contribution in [1.82, 2.24) is 9.97 Å². The monoisotopic (exact) mass is 306 g/mol. The fraction of sp³-hybridized carbons (Fsp3) is 0.200. The lowest BCUT2D eigenvalue weighted by atomic mass is 10.3. The number of esters is 1. The highest BCUT2D eigenvalue weighted by Gasteiger charge is 2.09. The van der Waals surface area contributed by atoms with E-state index in [0.717, 1.165) is 5.75 Å². The molecule has 5 nitrogen and oxygen atoms in total. The number of nitrogens with zero attached hydrogens (tertiary/aromatic N) is 1. The first-order valence-corrected chi connectivity index (χ1v) is 6.80. The van der Waals surface area contributed by atoms with Crippen LogP contribution in [-0.4, -0.2) is 29.2 Å². The Morgan fingerprint density at radius 3 is 2.76 bits per heavy atom. The van der Waals surface area contributed by atoms with Gasteiger partial charge < -0.3 is 14.5 Å². The molecule has 110 valence electrons. The number of aromatic nitrogens is 2. The zero-order chi connectivity index (χ0) is 15.1. The normalized spacial score (nSPS) is 10.1. The van der Waals surface area contributed by atoms with Gasteiger partial charge in [0.25, 0.3) is 0 Å². The molecule has 6 heteroatoms. The van der Waals surface area contributed by atoms with Crippen LogP contribution in [0.2, 0.25) is 5.02 Å². The van der Waals surface area contributed by atoms with Crippen LogP contribution in [0.25, 0.3) is 6.08 Å². The van der Waals surface area contributed by atoms with Gasteiger partial charge in [0.1, 0.15) is 17.3 Å². The van der Waals surface area contributed by atoms with E-state index in [1.54, 1.807) is 24.3 Å². The van der Waals surface area contributed by atoms with E-state index in [4.69, 9.17) is 21.1 Å². The molecule has 2 rings (SSSR count). The summed E-state index contributed by atoms with van der Waals surface area (Å²) < 4.78 is 10.6. The molecule has 1 N–H and O–H groups in total. The number of carbonyl (C=O) groups is 1. The molecular formula is C15H15ClN2O3. The summed E-state index contributed by atoms with van der Waals surface area (Å²) >= 11 is 5.77. The number of ether oxygens (including phenoxy) is 2. The van der Waals surface area contributed by atoms with E-state index >= 15 is 0 Å². The molecule has 0 unspecified atom stereocenters. The number of carbonyl (C=O) groups excluding carboxylic acids is 1. The summed E-state index contributed by atoms with van der Waals surface area (Å²) in [6, 6.07) is 7.09. The van der Waals surface area contributed by atoms with Crippen LogP contribution in [0.3, 0.4) is 0 Å². The first-order chi connectivity index (χ1) is 10.2. The fourth-order valence-electron chi connectivity index (χ4n) is 1.57. The Labute approximate surface area is 127 Å². The van der Waals surface area contributed by atoms with Gasteiger partial charge in [-0.3, -0.25) is 0 Å². The Hall–Kier alpha value is -2.27. The third kappa shape index (κ3) is 4.65. The zero-order valence-corrected chi connectivity index (χ0v) is 12.1. The highest BCUT2D eigenvalue weighted by molar-refractivity contribution is 6.30. The number of benzene rings is 1. The van der Waals surface area contributed by atoms with E-state index < -0.39 is 5.97 Å². The smallest absolute Gasteiger partial charge is 0.356 e. The summed E-state index contributed by atoms with van der Waals surface area (Å²) in [5, 5.41) is 0.662. The summed E-state index contributed by atoms with van der Waals surface area (Å²) in [6.07, 6.45) is 3.54. The van der Waals surface area contributed by atoms with Crippen molar-refractivity contribution in [3.05, 3.63) is 53.6 Å². The van der Waals surface area contributed by atoms with Crippen LogP contribution in [0.1, 0.15) is 22.7 Å². The Bertz CT molecular complexity index is 608. The second-order valence-electron chi connectivity index (χ2n) is 4.18. The van der Waals surface area contributed by atoms with Crippen LogP contribution in [-0.2, 0) is 4.74 Å². The van der Waals surface area contributed by atoms with Gasteiger partial charge in [-0.15, -0.1) is 0 Å². The maximum absolute atomic E-state index is 11.7. The molecule has 2 aromatic rings. The fourth-order valence-corrected chi connectivity index (χ4v) is 1.69. The lowest BCUT2D eigenvalue weighted by Crippen LogP contribution is -2.09. The molecule has 0 saturated heterocycles. The molecule has 0 saturated carbocycles. The SMILES string of the molecule is C=Cc1ncc(C(=O)OCCCOc2ccc(Cl)cc2)[nH]1. The second-order valence-corrected chi connectivity index (χ2v) is 4.61. The topological polar surface area (TPSA) is 64.2 Å². The minimum Gasteiger partial charge on any atom is -0.493 e. The van der Waals surface area contributed by atoms with Crippen molar-refractivity contribution >= 4 is 23.6 Å². The van der Waals surface area contributed by atoms with Crippen molar-refractivity contribution in [3.8, 4) is 5.75 Å². The molecule has 0 bridgehead atoms. The Morgan fingerprint density at radius 1 is 1.33 bits per heavy atom. The van der Waals surface area contributed by atoms with Gasteiger partial charge >= 0.3 is 5.97 Å². The number of nitrogens with one attached hydrogen (secondary N) is 1. The molecule has 1 aromatic carbocycles. The molecule has 0 radical (unpaired) electrons. The van der Waals surface area contributed by atoms with E-state index in [9.17, 15) is 4.79 Å². The predicted octanol–water partition coefficient (Wildman–Crippen LogP) is 3.33. The third-order valence-electron chi connectivity index (χ3n) is 2.61. The van der Waals surface area contributed by atoms with Crippen LogP contribution < -0.4 is 4.74 Å². The number of hydrogen-bond donors (Lipinski definition) is 1. The van der Waals surface area contributed by atoms with Crippen LogP contribution in [0, 0.1) is 0 Å². The van der Waals surface area contributed by atoms with Gasteiger partial charge in [-0.2, -0.15) is 0 Å². The molecule has 0 fully saturated rings. The standard InChI is InChI=1S/C15H15ClN2O3/c1-2-14-17-10-13(18-14)15(19)21-9-3-8-20-12-6-4-11(16)5-7-12/h2,4-7,10H,1,3,8-9H2,(H,17,18). The Balaban J connectivity index is 1.66. The molecule has 0 aliphatic heterocycles.